The van der Waals surface area contributed by atoms with Crippen LogP contribution in [0.15, 0.2) is 30.3 Å². The van der Waals surface area contributed by atoms with E-state index in [1.807, 2.05) is 18.2 Å². The molecule has 122 valence electrons. The molecule has 0 aliphatic carbocycles. The van der Waals surface area contributed by atoms with Crippen molar-refractivity contribution in [2.75, 3.05) is 0 Å². The van der Waals surface area contributed by atoms with Crippen LogP contribution in [0.5, 0.6) is 11.5 Å². The Morgan fingerprint density at radius 3 is 2.52 bits per heavy atom. The Bertz CT molecular complexity index is 726. The lowest BCUT2D eigenvalue weighted by molar-refractivity contribution is 0.299. The molecule has 0 aromatic heterocycles. The van der Waals surface area contributed by atoms with Gasteiger partial charge >= 0.3 is 0 Å². The molecule has 2 nitrogen and oxygen atoms in total. The molecule has 0 saturated carbocycles. The van der Waals surface area contributed by atoms with Gasteiger partial charge in [-0.2, -0.15) is 0 Å². The highest BCUT2D eigenvalue weighted by Gasteiger charge is 2.11. The zero-order valence-electron chi connectivity index (χ0n) is 13.9. The van der Waals surface area contributed by atoms with Crippen LogP contribution in [0.1, 0.15) is 36.1 Å². The first-order chi connectivity index (χ1) is 10.9. The minimum Gasteiger partial charge on any atom is -0.488 e. The molecule has 0 aliphatic rings. The van der Waals surface area contributed by atoms with Gasteiger partial charge in [0.2, 0.25) is 0 Å². The van der Waals surface area contributed by atoms with Crippen LogP contribution >= 0.6 is 34.8 Å². The number of hydrogen-bond acceptors (Lipinski definition) is 3. The Hall–Kier alpha value is -1.14. The molecule has 0 unspecified atom stereocenters. The Labute approximate surface area is 157 Å². The zero-order valence-corrected chi connectivity index (χ0v) is 16.9. The molecule has 0 radical (unpaired) electrons. The minimum atomic E-state index is 0.461. The highest BCUT2D eigenvalue weighted by atomic mass is 127. The summed E-state index contributed by atoms with van der Waals surface area (Å²) < 4.78 is 12.8. The first-order valence-electron chi connectivity index (χ1n) is 7.61. The molecule has 0 spiro atoms. The Morgan fingerprint density at radius 1 is 1.13 bits per heavy atom. The molecule has 2 aromatic carbocycles. The van der Waals surface area contributed by atoms with Gasteiger partial charge < -0.3 is 9.47 Å². The van der Waals surface area contributed by atoms with E-state index in [1.165, 1.54) is 11.1 Å². The summed E-state index contributed by atoms with van der Waals surface area (Å²) in [7, 11) is 0. The van der Waals surface area contributed by atoms with Crippen LogP contribution < -0.4 is 9.47 Å². The maximum atomic E-state index is 6.08. The number of aryl methyl sites for hydroxylation is 3. The number of rotatable bonds is 5. The van der Waals surface area contributed by atoms with E-state index in [1.54, 1.807) is 6.92 Å². The minimum absolute atomic E-state index is 0.461. The molecule has 4 heteroatoms. The third-order valence-electron chi connectivity index (χ3n) is 3.72. The van der Waals surface area contributed by atoms with E-state index in [-0.39, 0.29) is 0 Å². The zero-order chi connectivity index (χ0) is 17.0. The SMILES string of the molecule is CCc1cc(C)c(OCc2c(I)cccc2OC(C)=S)cc1C. The van der Waals surface area contributed by atoms with Gasteiger partial charge in [0.05, 0.1) is 0 Å². The Kier molecular flexibility index (Phi) is 6.41. The molecule has 2 rings (SSSR count). The van der Waals surface area contributed by atoms with Crippen LogP contribution in [-0.4, -0.2) is 5.05 Å². The van der Waals surface area contributed by atoms with Gasteiger partial charge in [0.1, 0.15) is 18.1 Å². The van der Waals surface area contributed by atoms with E-state index in [4.69, 9.17) is 21.7 Å². The van der Waals surface area contributed by atoms with E-state index < -0.39 is 0 Å². The number of thiocarbonyl (C=S) groups is 1. The van der Waals surface area contributed by atoms with Crippen molar-refractivity contribution in [1.29, 1.82) is 0 Å². The Morgan fingerprint density at radius 2 is 1.87 bits per heavy atom. The van der Waals surface area contributed by atoms with Crippen LogP contribution in [0.25, 0.3) is 0 Å². The molecule has 0 fully saturated rings. The van der Waals surface area contributed by atoms with Crippen LogP contribution in [0.4, 0.5) is 0 Å². The number of halogens is 1. The average molecular weight is 440 g/mol. The summed E-state index contributed by atoms with van der Waals surface area (Å²) >= 11 is 7.36. The van der Waals surface area contributed by atoms with Gasteiger partial charge in [-0.15, -0.1) is 0 Å². The largest absolute Gasteiger partial charge is 0.488 e. The van der Waals surface area contributed by atoms with Crippen LogP contribution in [0, 0.1) is 17.4 Å². The molecule has 0 amide bonds. The van der Waals surface area contributed by atoms with Gasteiger partial charge in [-0.1, -0.05) is 19.1 Å². The second-order valence-corrected chi connectivity index (χ2v) is 7.23. The molecule has 23 heavy (non-hydrogen) atoms. The van der Waals surface area contributed by atoms with Crippen LogP contribution in [0.2, 0.25) is 0 Å². The van der Waals surface area contributed by atoms with Gasteiger partial charge in [-0.05, 0) is 90.0 Å². The van der Waals surface area contributed by atoms with Gasteiger partial charge in [-0.25, -0.2) is 0 Å². The van der Waals surface area contributed by atoms with Crippen molar-refractivity contribution in [2.24, 2.45) is 0 Å². The third-order valence-corrected chi connectivity index (χ3v) is 4.81. The number of benzene rings is 2. The van der Waals surface area contributed by atoms with Gasteiger partial charge in [0, 0.05) is 16.1 Å². The van der Waals surface area contributed by atoms with Crippen molar-refractivity contribution >= 4 is 39.9 Å². The summed E-state index contributed by atoms with van der Waals surface area (Å²) in [6.45, 7) is 8.62. The molecule has 0 heterocycles. The quantitative estimate of drug-likeness (QED) is 0.434. The molecule has 0 atom stereocenters. The topological polar surface area (TPSA) is 18.5 Å². The Balaban J connectivity index is 2.24. The molecule has 0 aliphatic heterocycles. The van der Waals surface area contributed by atoms with Crippen molar-refractivity contribution in [3.63, 3.8) is 0 Å². The second-order valence-electron chi connectivity index (χ2n) is 5.50. The maximum absolute atomic E-state index is 6.08. The summed E-state index contributed by atoms with van der Waals surface area (Å²) in [6.07, 6.45) is 1.04. The summed E-state index contributed by atoms with van der Waals surface area (Å²) in [5.41, 5.74) is 4.81. The molecule has 2 aromatic rings. The van der Waals surface area contributed by atoms with Gasteiger partial charge in [-0.3, -0.25) is 0 Å². The lowest BCUT2D eigenvalue weighted by Crippen LogP contribution is -2.06. The first-order valence-corrected chi connectivity index (χ1v) is 9.09. The number of hydrogen-bond donors (Lipinski definition) is 0. The second kappa shape index (κ2) is 8.11. The lowest BCUT2D eigenvalue weighted by atomic mass is 10.0. The van der Waals surface area contributed by atoms with Crippen LogP contribution in [-0.2, 0) is 13.0 Å². The van der Waals surface area contributed by atoms with E-state index in [0.29, 0.717) is 11.7 Å². The van der Waals surface area contributed by atoms with Crippen molar-refractivity contribution in [3.05, 3.63) is 56.2 Å². The summed E-state index contributed by atoms with van der Waals surface area (Å²) in [6, 6.07) is 10.3. The predicted octanol–water partition coefficient (Wildman–Crippen LogP) is 5.78. The summed E-state index contributed by atoms with van der Waals surface area (Å²) in [4.78, 5) is 0. The maximum Gasteiger partial charge on any atom is 0.164 e. The van der Waals surface area contributed by atoms with Crippen LogP contribution in [0.3, 0.4) is 0 Å². The molecule has 0 saturated heterocycles. The average Bonchev–Trinajstić information content (AvgIpc) is 2.49. The molecular weight excluding hydrogens is 419 g/mol. The molecule has 0 bridgehead atoms. The van der Waals surface area contributed by atoms with Gasteiger partial charge in [0.25, 0.3) is 0 Å². The fourth-order valence-corrected chi connectivity index (χ4v) is 3.18. The third kappa shape index (κ3) is 4.67. The lowest BCUT2D eigenvalue weighted by Gasteiger charge is -2.16. The van der Waals surface area contributed by atoms with Crippen molar-refractivity contribution < 1.29 is 9.47 Å². The highest BCUT2D eigenvalue weighted by molar-refractivity contribution is 14.1. The standard InChI is InChI=1S/C19H21IO2S/c1-5-15-9-13(3)19(10-12(15)2)21-11-16-17(20)7-6-8-18(16)22-14(4)23/h6-10H,5,11H2,1-4H3. The van der Waals surface area contributed by atoms with E-state index >= 15 is 0 Å². The molecule has 0 N–H and O–H groups in total. The van der Waals surface area contributed by atoms with E-state index in [2.05, 4.69) is 55.5 Å². The van der Waals surface area contributed by atoms with Gasteiger partial charge in [0.15, 0.2) is 5.05 Å². The van der Waals surface area contributed by atoms with E-state index in [0.717, 1.165) is 32.6 Å². The van der Waals surface area contributed by atoms with Crippen molar-refractivity contribution in [1.82, 2.24) is 0 Å². The smallest absolute Gasteiger partial charge is 0.164 e. The fraction of sp³-hybridized carbons (Fsp3) is 0.316. The monoisotopic (exact) mass is 440 g/mol. The predicted molar refractivity (Wildman–Crippen MR) is 108 cm³/mol. The fourth-order valence-electron chi connectivity index (χ4n) is 2.47. The highest BCUT2D eigenvalue weighted by Crippen LogP contribution is 2.28. The van der Waals surface area contributed by atoms with E-state index in [9.17, 15) is 0 Å². The summed E-state index contributed by atoms with van der Waals surface area (Å²) in [5, 5.41) is 0.507. The number of ether oxygens (including phenoxy) is 2. The van der Waals surface area contributed by atoms with Crippen molar-refractivity contribution in [2.45, 2.75) is 40.7 Å². The van der Waals surface area contributed by atoms with Crippen molar-refractivity contribution in [3.8, 4) is 11.5 Å². The normalized spacial score (nSPS) is 10.5. The first kappa shape index (κ1) is 18.2. The summed E-state index contributed by atoms with van der Waals surface area (Å²) in [5.74, 6) is 1.69. The molecular formula is C19H21IO2S.